The highest BCUT2D eigenvalue weighted by atomic mass is 32.2. The summed E-state index contributed by atoms with van der Waals surface area (Å²) in [6.07, 6.45) is 4.27. The number of amides is 1. The fourth-order valence-electron chi connectivity index (χ4n) is 1.52. The molecular weight excluding hydrogens is 258 g/mol. The van der Waals surface area contributed by atoms with Gasteiger partial charge in [-0.2, -0.15) is 0 Å². The van der Waals surface area contributed by atoms with Crippen LogP contribution in [-0.2, 0) is 0 Å². The first-order valence-electron chi connectivity index (χ1n) is 6.11. The summed E-state index contributed by atoms with van der Waals surface area (Å²) in [5, 5.41) is 2.70. The lowest BCUT2D eigenvalue weighted by Gasteiger charge is -2.08. The van der Waals surface area contributed by atoms with Crippen molar-refractivity contribution < 1.29 is 4.79 Å². The minimum atomic E-state index is -0.176. The summed E-state index contributed by atoms with van der Waals surface area (Å²) in [7, 11) is 0. The lowest BCUT2D eigenvalue weighted by Crippen LogP contribution is -2.14. The summed E-state index contributed by atoms with van der Waals surface area (Å²) >= 11 is 1.68. The van der Waals surface area contributed by atoms with E-state index in [1.807, 2.05) is 24.3 Å². The Bertz CT molecular complexity index is 545. The molecule has 0 radical (unpaired) electrons. The molecule has 2 aromatic rings. The Morgan fingerprint density at radius 2 is 1.95 bits per heavy atom. The van der Waals surface area contributed by atoms with Crippen molar-refractivity contribution in [2.45, 2.75) is 18.2 Å². The van der Waals surface area contributed by atoms with Gasteiger partial charge in [-0.3, -0.25) is 10.1 Å². The number of benzene rings is 1. The van der Waals surface area contributed by atoms with Crippen molar-refractivity contribution in [2.24, 2.45) is 0 Å². The average molecular weight is 273 g/mol. The smallest absolute Gasteiger partial charge is 0.259 e. The molecule has 1 heterocycles. The number of carbonyl (C=O) groups is 1. The number of nitrogens with zero attached hydrogens (tertiary/aromatic N) is 2. The molecule has 0 bridgehead atoms. The predicted octanol–water partition coefficient (Wildman–Crippen LogP) is 3.23. The van der Waals surface area contributed by atoms with Gasteiger partial charge < -0.3 is 0 Å². The minimum Gasteiger partial charge on any atom is -0.290 e. The summed E-state index contributed by atoms with van der Waals surface area (Å²) in [6.45, 7) is 2.12. The molecule has 0 aliphatic carbocycles. The number of anilines is 1. The molecule has 0 saturated carbocycles. The molecule has 1 amide bonds. The van der Waals surface area contributed by atoms with Gasteiger partial charge in [0.25, 0.3) is 5.91 Å². The Balaban J connectivity index is 2.14. The summed E-state index contributed by atoms with van der Waals surface area (Å²) in [5.74, 6) is 1.14. The van der Waals surface area contributed by atoms with Gasteiger partial charge in [0, 0.05) is 17.3 Å². The first-order valence-corrected chi connectivity index (χ1v) is 7.10. The highest BCUT2D eigenvalue weighted by Gasteiger charge is 2.12. The molecule has 98 valence electrons. The molecule has 0 aliphatic heterocycles. The van der Waals surface area contributed by atoms with E-state index in [9.17, 15) is 4.79 Å². The molecule has 1 aromatic heterocycles. The van der Waals surface area contributed by atoms with Crippen molar-refractivity contribution in [3.8, 4) is 0 Å². The third-order valence-corrected chi connectivity index (χ3v) is 3.66. The van der Waals surface area contributed by atoms with Crippen LogP contribution in [0.15, 0.2) is 47.6 Å². The number of hydrogen-bond donors (Lipinski definition) is 1. The molecule has 0 saturated heterocycles. The van der Waals surface area contributed by atoms with Crippen LogP contribution in [0.1, 0.15) is 23.7 Å². The second kappa shape index (κ2) is 6.89. The van der Waals surface area contributed by atoms with Crippen LogP contribution in [0.5, 0.6) is 0 Å². The van der Waals surface area contributed by atoms with E-state index in [1.54, 1.807) is 30.2 Å². The Morgan fingerprint density at radius 3 is 2.68 bits per heavy atom. The number of rotatable bonds is 5. The lowest BCUT2D eigenvalue weighted by atomic mass is 10.2. The number of nitrogens with one attached hydrogen (secondary N) is 1. The van der Waals surface area contributed by atoms with Gasteiger partial charge in [0.05, 0.1) is 5.56 Å². The van der Waals surface area contributed by atoms with Crippen LogP contribution >= 0.6 is 11.8 Å². The SMILES string of the molecule is CCCSc1ccccc1C(=O)Nc1ncccn1. The Labute approximate surface area is 116 Å². The maximum atomic E-state index is 12.2. The van der Waals surface area contributed by atoms with Crippen LogP contribution in [0, 0.1) is 0 Å². The molecule has 0 spiro atoms. The largest absolute Gasteiger partial charge is 0.290 e. The molecule has 1 N–H and O–H groups in total. The van der Waals surface area contributed by atoms with Crippen LogP contribution in [0.25, 0.3) is 0 Å². The molecule has 0 aliphatic rings. The van der Waals surface area contributed by atoms with Gasteiger partial charge >= 0.3 is 0 Å². The minimum absolute atomic E-state index is 0.176. The van der Waals surface area contributed by atoms with Gasteiger partial charge in [-0.15, -0.1) is 11.8 Å². The second-order valence-electron chi connectivity index (χ2n) is 3.87. The van der Waals surface area contributed by atoms with Crippen molar-refractivity contribution in [2.75, 3.05) is 11.1 Å². The van der Waals surface area contributed by atoms with Gasteiger partial charge in [-0.05, 0) is 30.4 Å². The van der Waals surface area contributed by atoms with E-state index in [0.29, 0.717) is 11.5 Å². The van der Waals surface area contributed by atoms with Crippen LogP contribution in [-0.4, -0.2) is 21.6 Å². The molecule has 2 rings (SSSR count). The van der Waals surface area contributed by atoms with E-state index in [0.717, 1.165) is 17.1 Å². The number of carbonyl (C=O) groups excluding carboxylic acids is 1. The maximum Gasteiger partial charge on any atom is 0.259 e. The van der Waals surface area contributed by atoms with E-state index in [-0.39, 0.29) is 5.91 Å². The van der Waals surface area contributed by atoms with Crippen molar-refractivity contribution in [1.82, 2.24) is 9.97 Å². The van der Waals surface area contributed by atoms with E-state index >= 15 is 0 Å². The highest BCUT2D eigenvalue weighted by molar-refractivity contribution is 7.99. The van der Waals surface area contributed by atoms with Crippen LogP contribution in [0.2, 0.25) is 0 Å². The highest BCUT2D eigenvalue weighted by Crippen LogP contribution is 2.23. The molecular formula is C14H15N3OS. The van der Waals surface area contributed by atoms with E-state index < -0.39 is 0 Å². The molecule has 0 unspecified atom stereocenters. The first kappa shape index (κ1) is 13.5. The molecule has 0 atom stereocenters. The average Bonchev–Trinajstić information content (AvgIpc) is 2.46. The summed E-state index contributed by atoms with van der Waals surface area (Å²) in [4.78, 5) is 21.2. The van der Waals surface area contributed by atoms with Gasteiger partial charge in [0.1, 0.15) is 0 Å². The van der Waals surface area contributed by atoms with Crippen molar-refractivity contribution in [3.63, 3.8) is 0 Å². The fourth-order valence-corrected chi connectivity index (χ4v) is 2.44. The number of thioether (sulfide) groups is 1. The first-order chi connectivity index (χ1) is 9.31. The molecule has 4 nitrogen and oxygen atoms in total. The van der Waals surface area contributed by atoms with Gasteiger partial charge in [0.2, 0.25) is 5.95 Å². The third kappa shape index (κ3) is 3.79. The van der Waals surface area contributed by atoms with E-state index in [4.69, 9.17) is 0 Å². The molecule has 19 heavy (non-hydrogen) atoms. The Kier molecular flexibility index (Phi) is 4.92. The zero-order chi connectivity index (χ0) is 13.5. The van der Waals surface area contributed by atoms with E-state index in [2.05, 4.69) is 22.2 Å². The monoisotopic (exact) mass is 273 g/mol. The van der Waals surface area contributed by atoms with Gasteiger partial charge in [0.15, 0.2) is 0 Å². The van der Waals surface area contributed by atoms with Crippen LogP contribution < -0.4 is 5.32 Å². The molecule has 5 heteroatoms. The second-order valence-corrected chi connectivity index (χ2v) is 5.01. The van der Waals surface area contributed by atoms with Gasteiger partial charge in [-0.1, -0.05) is 19.1 Å². The molecule has 0 fully saturated rings. The fraction of sp³-hybridized carbons (Fsp3) is 0.214. The third-order valence-electron chi connectivity index (χ3n) is 2.38. The lowest BCUT2D eigenvalue weighted by molar-refractivity contribution is 0.102. The Morgan fingerprint density at radius 1 is 1.21 bits per heavy atom. The molecule has 1 aromatic carbocycles. The van der Waals surface area contributed by atoms with E-state index in [1.165, 1.54) is 0 Å². The van der Waals surface area contributed by atoms with Gasteiger partial charge in [-0.25, -0.2) is 9.97 Å². The summed E-state index contributed by atoms with van der Waals surface area (Å²) in [6, 6.07) is 9.28. The summed E-state index contributed by atoms with van der Waals surface area (Å²) < 4.78 is 0. The maximum absolute atomic E-state index is 12.2. The predicted molar refractivity (Wildman–Crippen MR) is 77.4 cm³/mol. The zero-order valence-electron chi connectivity index (χ0n) is 10.7. The van der Waals surface area contributed by atoms with Crippen molar-refractivity contribution in [1.29, 1.82) is 0 Å². The van der Waals surface area contributed by atoms with Crippen molar-refractivity contribution >= 4 is 23.6 Å². The van der Waals surface area contributed by atoms with Crippen molar-refractivity contribution in [3.05, 3.63) is 48.3 Å². The van der Waals surface area contributed by atoms with Crippen LogP contribution in [0.4, 0.5) is 5.95 Å². The van der Waals surface area contributed by atoms with Crippen LogP contribution in [0.3, 0.4) is 0 Å². The topological polar surface area (TPSA) is 54.9 Å². The quantitative estimate of drug-likeness (QED) is 0.850. The number of hydrogen-bond acceptors (Lipinski definition) is 4. The number of aromatic nitrogens is 2. The Hall–Kier alpha value is -1.88. The zero-order valence-corrected chi connectivity index (χ0v) is 11.5. The summed E-state index contributed by atoms with van der Waals surface area (Å²) in [5.41, 5.74) is 0.661. The standard InChI is InChI=1S/C14H15N3OS/c1-2-10-19-12-7-4-3-6-11(12)13(18)17-14-15-8-5-9-16-14/h3-9H,2,10H2,1H3,(H,15,16,17,18). The normalized spacial score (nSPS) is 10.2.